The quantitative estimate of drug-likeness (QED) is 0.602. The monoisotopic (exact) mass is 216 g/mol. The SMILES string of the molecule is CN1CCCN/C1=C\C(=O)c1ccccc1. The van der Waals surface area contributed by atoms with Crippen molar-refractivity contribution in [1.82, 2.24) is 10.2 Å². The first-order valence-corrected chi connectivity index (χ1v) is 5.53. The standard InChI is InChI=1S/C13H16N2O/c1-15-9-5-8-14-13(15)10-12(16)11-6-3-2-4-7-11/h2-4,6-7,10,14H,5,8-9H2,1H3/b13-10+. The molecule has 0 spiro atoms. The van der Waals surface area contributed by atoms with E-state index in [2.05, 4.69) is 10.2 Å². The van der Waals surface area contributed by atoms with Gasteiger partial charge in [-0.05, 0) is 6.42 Å². The summed E-state index contributed by atoms with van der Waals surface area (Å²) in [5, 5.41) is 3.24. The minimum Gasteiger partial charge on any atom is -0.372 e. The lowest BCUT2D eigenvalue weighted by atomic mass is 10.1. The minimum absolute atomic E-state index is 0.0526. The first-order chi connectivity index (χ1) is 7.77. The van der Waals surface area contributed by atoms with Gasteiger partial charge < -0.3 is 10.2 Å². The van der Waals surface area contributed by atoms with Crippen molar-refractivity contribution >= 4 is 5.78 Å². The fraction of sp³-hybridized carbons (Fsp3) is 0.308. The van der Waals surface area contributed by atoms with Gasteiger partial charge >= 0.3 is 0 Å². The van der Waals surface area contributed by atoms with Crippen LogP contribution in [0.5, 0.6) is 0 Å². The second-order valence-electron chi connectivity index (χ2n) is 3.96. The molecule has 1 aromatic carbocycles. The van der Waals surface area contributed by atoms with Crippen LogP contribution >= 0.6 is 0 Å². The van der Waals surface area contributed by atoms with Gasteiger partial charge in [0.25, 0.3) is 0 Å². The Hall–Kier alpha value is -1.77. The molecule has 1 N–H and O–H groups in total. The molecule has 1 heterocycles. The molecule has 0 amide bonds. The summed E-state index contributed by atoms with van der Waals surface area (Å²) in [7, 11) is 2.00. The van der Waals surface area contributed by atoms with E-state index in [4.69, 9.17) is 0 Å². The topological polar surface area (TPSA) is 32.3 Å². The van der Waals surface area contributed by atoms with E-state index in [1.165, 1.54) is 0 Å². The minimum atomic E-state index is 0.0526. The van der Waals surface area contributed by atoms with Crippen molar-refractivity contribution in [2.75, 3.05) is 20.1 Å². The number of benzene rings is 1. The number of ketones is 1. The number of allylic oxidation sites excluding steroid dienone is 1. The highest BCUT2D eigenvalue weighted by molar-refractivity contribution is 6.04. The van der Waals surface area contributed by atoms with E-state index in [1.807, 2.05) is 37.4 Å². The average Bonchev–Trinajstić information content (AvgIpc) is 2.33. The van der Waals surface area contributed by atoms with Gasteiger partial charge in [-0.2, -0.15) is 0 Å². The fourth-order valence-electron chi connectivity index (χ4n) is 1.76. The Bertz CT molecular complexity index is 398. The zero-order valence-electron chi connectivity index (χ0n) is 9.44. The second-order valence-corrected chi connectivity index (χ2v) is 3.96. The molecule has 1 fully saturated rings. The molecular weight excluding hydrogens is 200 g/mol. The van der Waals surface area contributed by atoms with E-state index < -0.39 is 0 Å². The molecule has 84 valence electrons. The van der Waals surface area contributed by atoms with E-state index in [1.54, 1.807) is 6.08 Å². The lowest BCUT2D eigenvalue weighted by molar-refractivity contribution is 0.104. The summed E-state index contributed by atoms with van der Waals surface area (Å²) in [5.41, 5.74) is 0.732. The number of carbonyl (C=O) groups is 1. The molecule has 1 aromatic rings. The van der Waals surface area contributed by atoms with E-state index in [9.17, 15) is 4.79 Å². The first kappa shape index (κ1) is 10.7. The molecule has 0 radical (unpaired) electrons. The number of nitrogens with zero attached hydrogens (tertiary/aromatic N) is 1. The van der Waals surface area contributed by atoms with Crippen molar-refractivity contribution in [2.24, 2.45) is 0 Å². The maximum absolute atomic E-state index is 11.9. The van der Waals surface area contributed by atoms with Gasteiger partial charge in [-0.3, -0.25) is 4.79 Å². The van der Waals surface area contributed by atoms with Crippen LogP contribution in [0.1, 0.15) is 16.8 Å². The van der Waals surface area contributed by atoms with Gasteiger partial charge in [0.05, 0.1) is 0 Å². The van der Waals surface area contributed by atoms with E-state index in [0.717, 1.165) is 30.9 Å². The summed E-state index contributed by atoms with van der Waals surface area (Å²) in [6.07, 6.45) is 2.79. The van der Waals surface area contributed by atoms with Crippen LogP contribution in [0.2, 0.25) is 0 Å². The van der Waals surface area contributed by atoms with Crippen LogP contribution in [0.25, 0.3) is 0 Å². The normalized spacial score (nSPS) is 18.3. The van der Waals surface area contributed by atoms with Crippen molar-refractivity contribution in [3.8, 4) is 0 Å². The zero-order chi connectivity index (χ0) is 11.4. The molecule has 3 heteroatoms. The van der Waals surface area contributed by atoms with Crippen LogP contribution in [-0.2, 0) is 0 Å². The van der Waals surface area contributed by atoms with Crippen molar-refractivity contribution in [3.05, 3.63) is 47.8 Å². The Labute approximate surface area is 95.8 Å². The highest BCUT2D eigenvalue weighted by Gasteiger charge is 2.11. The largest absolute Gasteiger partial charge is 0.372 e. The summed E-state index contributed by atoms with van der Waals surface area (Å²) in [4.78, 5) is 14.0. The number of hydrogen-bond donors (Lipinski definition) is 1. The van der Waals surface area contributed by atoms with E-state index in [0.29, 0.717) is 0 Å². The van der Waals surface area contributed by atoms with Crippen LogP contribution < -0.4 is 5.32 Å². The number of nitrogens with one attached hydrogen (secondary N) is 1. The van der Waals surface area contributed by atoms with Gasteiger partial charge in [0.15, 0.2) is 5.78 Å². The van der Waals surface area contributed by atoms with Crippen LogP contribution in [0.3, 0.4) is 0 Å². The van der Waals surface area contributed by atoms with Crippen LogP contribution in [0, 0.1) is 0 Å². The zero-order valence-corrected chi connectivity index (χ0v) is 9.44. The molecular formula is C13H16N2O. The molecule has 0 aliphatic carbocycles. The third kappa shape index (κ3) is 2.42. The lowest BCUT2D eigenvalue weighted by Gasteiger charge is -2.28. The van der Waals surface area contributed by atoms with Gasteiger partial charge in [0, 0.05) is 31.8 Å². The van der Waals surface area contributed by atoms with Crippen LogP contribution in [0.15, 0.2) is 42.2 Å². The van der Waals surface area contributed by atoms with Gasteiger partial charge in [0.2, 0.25) is 0 Å². The first-order valence-electron chi connectivity index (χ1n) is 5.53. The highest BCUT2D eigenvalue weighted by atomic mass is 16.1. The summed E-state index contributed by atoms with van der Waals surface area (Å²) >= 11 is 0. The van der Waals surface area contributed by atoms with Gasteiger partial charge in [-0.25, -0.2) is 0 Å². The molecule has 0 bridgehead atoms. The Morgan fingerprint density at radius 3 is 2.81 bits per heavy atom. The Kier molecular flexibility index (Phi) is 3.25. The fourth-order valence-corrected chi connectivity index (χ4v) is 1.76. The van der Waals surface area contributed by atoms with E-state index >= 15 is 0 Å². The Balaban J connectivity index is 2.14. The van der Waals surface area contributed by atoms with Gasteiger partial charge in [0.1, 0.15) is 5.82 Å². The smallest absolute Gasteiger partial charge is 0.189 e. The Morgan fingerprint density at radius 2 is 2.12 bits per heavy atom. The maximum atomic E-state index is 11.9. The molecule has 0 atom stereocenters. The van der Waals surface area contributed by atoms with Crippen LogP contribution in [0.4, 0.5) is 0 Å². The predicted molar refractivity (Wildman–Crippen MR) is 64.1 cm³/mol. The van der Waals surface area contributed by atoms with E-state index in [-0.39, 0.29) is 5.78 Å². The van der Waals surface area contributed by atoms with Crippen molar-refractivity contribution in [2.45, 2.75) is 6.42 Å². The third-order valence-electron chi connectivity index (χ3n) is 2.71. The van der Waals surface area contributed by atoms with Crippen molar-refractivity contribution in [3.63, 3.8) is 0 Å². The molecule has 0 aromatic heterocycles. The summed E-state index contributed by atoms with van der Waals surface area (Å²) in [6.45, 7) is 1.94. The highest BCUT2D eigenvalue weighted by Crippen LogP contribution is 2.08. The van der Waals surface area contributed by atoms with Crippen molar-refractivity contribution in [1.29, 1.82) is 0 Å². The van der Waals surface area contributed by atoms with Crippen LogP contribution in [-0.4, -0.2) is 30.8 Å². The molecule has 1 saturated heterocycles. The Morgan fingerprint density at radius 1 is 1.38 bits per heavy atom. The molecule has 0 unspecified atom stereocenters. The van der Waals surface area contributed by atoms with Gasteiger partial charge in [-0.1, -0.05) is 30.3 Å². The molecule has 1 aliphatic rings. The van der Waals surface area contributed by atoms with Crippen molar-refractivity contribution < 1.29 is 4.79 Å². The summed E-state index contributed by atoms with van der Waals surface area (Å²) < 4.78 is 0. The molecule has 1 aliphatic heterocycles. The predicted octanol–water partition coefficient (Wildman–Crippen LogP) is 1.64. The third-order valence-corrected chi connectivity index (χ3v) is 2.71. The number of hydrogen-bond acceptors (Lipinski definition) is 3. The molecule has 2 rings (SSSR count). The molecule has 16 heavy (non-hydrogen) atoms. The second kappa shape index (κ2) is 4.84. The lowest BCUT2D eigenvalue weighted by Crippen LogP contribution is -2.37. The maximum Gasteiger partial charge on any atom is 0.189 e. The average molecular weight is 216 g/mol. The number of rotatable bonds is 2. The number of carbonyl (C=O) groups excluding carboxylic acids is 1. The molecule has 3 nitrogen and oxygen atoms in total. The summed E-state index contributed by atoms with van der Waals surface area (Å²) in [5.74, 6) is 0.969. The summed E-state index contributed by atoms with van der Waals surface area (Å²) in [6, 6.07) is 9.34. The molecule has 0 saturated carbocycles. The van der Waals surface area contributed by atoms with Gasteiger partial charge in [-0.15, -0.1) is 0 Å².